The van der Waals surface area contributed by atoms with Gasteiger partial charge in [-0.15, -0.1) is 0 Å². The Morgan fingerprint density at radius 2 is 1.65 bits per heavy atom. The zero-order valence-corrected chi connectivity index (χ0v) is 17.8. The van der Waals surface area contributed by atoms with Crippen LogP contribution < -0.4 is 5.32 Å². The highest BCUT2D eigenvalue weighted by molar-refractivity contribution is 5.86. The van der Waals surface area contributed by atoms with E-state index >= 15 is 0 Å². The lowest BCUT2D eigenvalue weighted by Gasteiger charge is -2.24. The summed E-state index contributed by atoms with van der Waals surface area (Å²) in [5.41, 5.74) is 4.52. The normalized spacial score (nSPS) is 13.1. The molecule has 1 aliphatic rings. The van der Waals surface area contributed by atoms with Gasteiger partial charge in [-0.05, 0) is 28.7 Å². The minimum absolute atomic E-state index is 0.0586. The summed E-state index contributed by atoms with van der Waals surface area (Å²) in [5.74, 6) is -1.36. The van der Waals surface area contributed by atoms with Gasteiger partial charge in [0.2, 0.25) is 5.91 Å². The van der Waals surface area contributed by atoms with E-state index in [1.54, 1.807) is 0 Å². The van der Waals surface area contributed by atoms with E-state index in [2.05, 4.69) is 17.4 Å². The van der Waals surface area contributed by atoms with Crippen LogP contribution in [0.1, 0.15) is 43.2 Å². The van der Waals surface area contributed by atoms with Crippen molar-refractivity contribution >= 4 is 18.0 Å². The molecule has 0 bridgehead atoms. The summed E-state index contributed by atoms with van der Waals surface area (Å²) >= 11 is 0. The number of amides is 2. The predicted octanol–water partition coefficient (Wildman–Crippen LogP) is 3.63. The molecule has 0 saturated carbocycles. The lowest BCUT2D eigenvalue weighted by Crippen LogP contribution is -2.48. The highest BCUT2D eigenvalue weighted by atomic mass is 16.5. The Hall–Kier alpha value is -3.35. The lowest BCUT2D eigenvalue weighted by molar-refractivity contribution is -0.138. The van der Waals surface area contributed by atoms with Gasteiger partial charge in [-0.3, -0.25) is 9.59 Å². The molecule has 1 atom stereocenters. The molecule has 0 unspecified atom stereocenters. The molecule has 3 rings (SSSR count). The molecule has 164 valence electrons. The third-order valence-electron chi connectivity index (χ3n) is 5.55. The summed E-state index contributed by atoms with van der Waals surface area (Å²) in [6, 6.07) is 15.4. The number of hydrogen-bond donors (Lipinski definition) is 2. The largest absolute Gasteiger partial charge is 0.481 e. The first-order valence-corrected chi connectivity index (χ1v) is 10.5. The van der Waals surface area contributed by atoms with Gasteiger partial charge in [0.25, 0.3) is 0 Å². The monoisotopic (exact) mass is 424 g/mol. The molecule has 2 N–H and O–H groups in total. The van der Waals surface area contributed by atoms with Crippen LogP contribution in [0.5, 0.6) is 0 Å². The number of carboxylic acids is 1. The van der Waals surface area contributed by atoms with E-state index in [4.69, 9.17) is 9.84 Å². The molecular formula is C24H28N2O5. The Morgan fingerprint density at radius 1 is 1.06 bits per heavy atom. The molecule has 2 amide bonds. The van der Waals surface area contributed by atoms with Crippen LogP contribution in [0, 0.1) is 0 Å². The Labute approximate surface area is 182 Å². The average molecular weight is 424 g/mol. The van der Waals surface area contributed by atoms with Gasteiger partial charge >= 0.3 is 12.1 Å². The molecule has 2 aromatic carbocycles. The molecule has 2 aromatic rings. The Morgan fingerprint density at radius 3 is 2.19 bits per heavy atom. The van der Waals surface area contributed by atoms with Gasteiger partial charge in [-0.1, -0.05) is 61.9 Å². The standard InChI is InChI=1S/C24H28N2O5/c1-3-8-21(23(29)26(2)14-13-22(27)28)25-24(30)31-15-20-18-11-6-4-9-16(18)17-10-5-7-12-19(17)20/h4-7,9-12,20-21H,3,8,13-15H2,1-2H3,(H,25,30)(H,27,28)/t21-/m0/s1. The fraction of sp³-hybridized carbons (Fsp3) is 0.375. The van der Waals surface area contributed by atoms with Crippen molar-refractivity contribution in [2.45, 2.75) is 38.1 Å². The Bertz CT molecular complexity index is 913. The number of alkyl carbamates (subject to hydrolysis) is 1. The Kier molecular flexibility index (Phi) is 7.28. The predicted molar refractivity (Wildman–Crippen MR) is 117 cm³/mol. The van der Waals surface area contributed by atoms with Crippen LogP contribution in [0.4, 0.5) is 4.79 Å². The molecule has 0 saturated heterocycles. The molecule has 0 spiro atoms. The first kappa shape index (κ1) is 22.3. The quantitative estimate of drug-likeness (QED) is 0.641. The zero-order valence-electron chi connectivity index (χ0n) is 17.8. The van der Waals surface area contributed by atoms with E-state index in [1.165, 1.54) is 11.9 Å². The summed E-state index contributed by atoms with van der Waals surface area (Å²) in [6.07, 6.45) is 0.333. The number of hydrogen-bond acceptors (Lipinski definition) is 4. The van der Waals surface area contributed by atoms with Gasteiger partial charge in [0.05, 0.1) is 6.42 Å². The van der Waals surface area contributed by atoms with Gasteiger partial charge in [-0.25, -0.2) is 4.79 Å². The van der Waals surface area contributed by atoms with Gasteiger partial charge in [0, 0.05) is 19.5 Å². The molecule has 31 heavy (non-hydrogen) atoms. The maximum atomic E-state index is 12.6. The molecule has 7 heteroatoms. The van der Waals surface area contributed by atoms with Crippen molar-refractivity contribution in [2.75, 3.05) is 20.2 Å². The third-order valence-corrected chi connectivity index (χ3v) is 5.55. The topological polar surface area (TPSA) is 95.9 Å². The van der Waals surface area contributed by atoms with E-state index in [0.29, 0.717) is 12.8 Å². The van der Waals surface area contributed by atoms with Gasteiger partial charge < -0.3 is 20.1 Å². The van der Waals surface area contributed by atoms with Crippen molar-refractivity contribution in [1.82, 2.24) is 10.2 Å². The number of carbonyl (C=O) groups excluding carboxylic acids is 2. The zero-order chi connectivity index (χ0) is 22.4. The number of rotatable bonds is 9. The van der Waals surface area contributed by atoms with Crippen molar-refractivity contribution in [3.63, 3.8) is 0 Å². The maximum Gasteiger partial charge on any atom is 0.407 e. The molecule has 0 heterocycles. The van der Waals surface area contributed by atoms with E-state index in [9.17, 15) is 14.4 Å². The smallest absolute Gasteiger partial charge is 0.407 e. The van der Waals surface area contributed by atoms with Crippen LogP contribution in [0.3, 0.4) is 0 Å². The number of benzene rings is 2. The number of fused-ring (bicyclic) bond motifs is 3. The van der Waals surface area contributed by atoms with Crippen molar-refractivity contribution in [2.24, 2.45) is 0 Å². The molecular weight excluding hydrogens is 396 g/mol. The number of carboxylic acid groups (broad SMARTS) is 1. The minimum Gasteiger partial charge on any atom is -0.481 e. The van der Waals surface area contributed by atoms with E-state index in [-0.39, 0.29) is 31.4 Å². The van der Waals surface area contributed by atoms with Crippen LogP contribution in [0.2, 0.25) is 0 Å². The van der Waals surface area contributed by atoms with Crippen LogP contribution >= 0.6 is 0 Å². The summed E-state index contributed by atoms with van der Waals surface area (Å²) in [7, 11) is 1.54. The van der Waals surface area contributed by atoms with Crippen molar-refractivity contribution in [3.8, 4) is 11.1 Å². The van der Waals surface area contributed by atoms with Crippen LogP contribution in [-0.2, 0) is 14.3 Å². The minimum atomic E-state index is -0.976. The number of aliphatic carboxylic acids is 1. The second-order valence-electron chi connectivity index (χ2n) is 7.71. The fourth-order valence-corrected chi connectivity index (χ4v) is 3.97. The van der Waals surface area contributed by atoms with Gasteiger partial charge in [-0.2, -0.15) is 0 Å². The SMILES string of the molecule is CCC[C@H](NC(=O)OCC1c2ccccc2-c2ccccc21)C(=O)N(C)CCC(=O)O. The van der Waals surface area contributed by atoms with Crippen LogP contribution in [0.25, 0.3) is 11.1 Å². The molecule has 7 nitrogen and oxygen atoms in total. The number of nitrogens with zero attached hydrogens (tertiary/aromatic N) is 1. The highest BCUT2D eigenvalue weighted by Gasteiger charge is 2.30. The summed E-state index contributed by atoms with van der Waals surface area (Å²) < 4.78 is 5.53. The van der Waals surface area contributed by atoms with E-state index in [1.807, 2.05) is 43.3 Å². The first-order valence-electron chi connectivity index (χ1n) is 10.5. The summed E-state index contributed by atoms with van der Waals surface area (Å²) in [5, 5.41) is 11.5. The number of nitrogens with one attached hydrogen (secondary N) is 1. The summed E-state index contributed by atoms with van der Waals surface area (Å²) in [6.45, 7) is 2.17. The third kappa shape index (κ3) is 5.23. The molecule has 0 aliphatic heterocycles. The second-order valence-corrected chi connectivity index (χ2v) is 7.71. The molecule has 0 aromatic heterocycles. The highest BCUT2D eigenvalue weighted by Crippen LogP contribution is 2.44. The van der Waals surface area contributed by atoms with Crippen molar-refractivity contribution in [3.05, 3.63) is 59.7 Å². The number of ether oxygens (including phenoxy) is 1. The van der Waals surface area contributed by atoms with Gasteiger partial charge in [0.1, 0.15) is 12.6 Å². The number of carbonyl (C=O) groups is 3. The van der Waals surface area contributed by atoms with Gasteiger partial charge in [0.15, 0.2) is 0 Å². The van der Waals surface area contributed by atoms with Crippen LogP contribution in [0.15, 0.2) is 48.5 Å². The van der Waals surface area contributed by atoms with Crippen LogP contribution in [-0.4, -0.2) is 54.2 Å². The molecule has 0 fully saturated rings. The second kappa shape index (κ2) is 10.1. The fourth-order valence-electron chi connectivity index (χ4n) is 3.97. The first-order chi connectivity index (χ1) is 14.9. The molecule has 1 aliphatic carbocycles. The van der Waals surface area contributed by atoms with E-state index in [0.717, 1.165) is 22.3 Å². The summed E-state index contributed by atoms with van der Waals surface area (Å²) in [4.78, 5) is 37.2. The Balaban J connectivity index is 1.63. The maximum absolute atomic E-state index is 12.6. The van der Waals surface area contributed by atoms with E-state index < -0.39 is 18.1 Å². The van der Waals surface area contributed by atoms with Crippen molar-refractivity contribution in [1.29, 1.82) is 0 Å². The lowest BCUT2D eigenvalue weighted by atomic mass is 9.98. The number of likely N-dealkylation sites (N-methyl/N-ethyl adjacent to an activating group) is 1. The van der Waals surface area contributed by atoms with Crippen molar-refractivity contribution < 1.29 is 24.2 Å². The molecule has 0 radical (unpaired) electrons. The average Bonchev–Trinajstić information content (AvgIpc) is 3.09.